The van der Waals surface area contributed by atoms with E-state index in [4.69, 9.17) is 0 Å². The van der Waals surface area contributed by atoms with Gasteiger partial charge in [-0.2, -0.15) is 39.5 Å². The Kier molecular flexibility index (Phi) is 5.85. The van der Waals surface area contributed by atoms with Gasteiger partial charge in [-0.1, -0.05) is 54.6 Å². The summed E-state index contributed by atoms with van der Waals surface area (Å²) in [7, 11) is 0. The zero-order valence-electron chi connectivity index (χ0n) is 18.8. The normalized spacial score (nSPS) is 12.9. The van der Waals surface area contributed by atoms with Gasteiger partial charge in [0.25, 0.3) is 0 Å². The van der Waals surface area contributed by atoms with Crippen molar-refractivity contribution in [2.45, 2.75) is 18.5 Å². The van der Waals surface area contributed by atoms with Crippen LogP contribution in [0.3, 0.4) is 0 Å². The smallest absolute Gasteiger partial charge is 0.166 e. The summed E-state index contributed by atoms with van der Waals surface area (Å²) < 4.78 is 124. The third-order valence-corrected chi connectivity index (χ3v) is 6.02. The predicted octanol–water partition coefficient (Wildman–Crippen LogP) is 9.17. The Morgan fingerprint density at radius 3 is 1.42 bits per heavy atom. The van der Waals surface area contributed by atoms with Gasteiger partial charge in [-0.15, -0.1) is 10.2 Å². The van der Waals surface area contributed by atoms with E-state index in [0.29, 0.717) is 16.3 Å². The second-order valence-corrected chi connectivity index (χ2v) is 8.44. The average molecular weight is 536 g/mol. The van der Waals surface area contributed by atoms with Crippen molar-refractivity contribution in [3.8, 4) is 22.5 Å². The molecule has 0 atom stereocenters. The molecule has 2 nitrogen and oxygen atoms in total. The summed E-state index contributed by atoms with van der Waals surface area (Å²) in [4.78, 5) is 0. The second-order valence-electron chi connectivity index (χ2n) is 8.44. The minimum atomic E-state index is -5.69. The fourth-order valence-corrected chi connectivity index (χ4v) is 4.35. The van der Waals surface area contributed by atoms with Crippen LogP contribution in [-0.4, -0.2) is 10.2 Å². The number of benzene rings is 4. The van der Waals surface area contributed by atoms with Crippen molar-refractivity contribution < 1.29 is 39.5 Å². The minimum Gasteiger partial charge on any atom is -0.166 e. The van der Waals surface area contributed by atoms with Crippen LogP contribution < -0.4 is 0 Å². The largest absolute Gasteiger partial charge is 0.417 e. The fourth-order valence-electron chi connectivity index (χ4n) is 4.35. The summed E-state index contributed by atoms with van der Waals surface area (Å²) in [5.74, 6) is 0. The van der Waals surface area contributed by atoms with E-state index in [1.807, 2.05) is 0 Å². The van der Waals surface area contributed by atoms with Crippen LogP contribution in [0.1, 0.15) is 16.7 Å². The summed E-state index contributed by atoms with van der Waals surface area (Å²) >= 11 is 0. The maximum Gasteiger partial charge on any atom is 0.417 e. The Hall–Kier alpha value is -4.15. The van der Waals surface area contributed by atoms with Gasteiger partial charge >= 0.3 is 18.5 Å². The lowest BCUT2D eigenvalue weighted by Crippen LogP contribution is -2.20. The first-order valence-corrected chi connectivity index (χ1v) is 10.9. The molecule has 1 aromatic heterocycles. The van der Waals surface area contributed by atoms with E-state index in [1.165, 1.54) is 6.07 Å². The number of hydrogen-bond donors (Lipinski definition) is 0. The molecule has 0 aliphatic rings. The number of rotatable bonds is 2. The molecule has 5 aromatic rings. The number of fused-ring (bicyclic) bond motifs is 2. The molecule has 0 saturated carbocycles. The molecule has 0 N–H and O–H groups in total. The highest BCUT2D eigenvalue weighted by Crippen LogP contribution is 2.48. The first-order valence-electron chi connectivity index (χ1n) is 10.9. The van der Waals surface area contributed by atoms with E-state index < -0.39 is 52.5 Å². The molecule has 0 fully saturated rings. The van der Waals surface area contributed by atoms with Crippen LogP contribution in [0.25, 0.3) is 44.1 Å². The Labute approximate surface area is 208 Å². The second kappa shape index (κ2) is 8.71. The monoisotopic (exact) mass is 536 g/mol. The average Bonchev–Trinajstić information content (AvgIpc) is 2.85. The third-order valence-electron chi connectivity index (χ3n) is 6.02. The summed E-state index contributed by atoms with van der Waals surface area (Å²) in [5, 5.41) is 9.33. The van der Waals surface area contributed by atoms with Crippen molar-refractivity contribution in [2.75, 3.05) is 0 Å². The highest BCUT2D eigenvalue weighted by atomic mass is 19.4. The maximum absolute atomic E-state index is 14.0. The van der Waals surface area contributed by atoms with Crippen LogP contribution >= 0.6 is 0 Å². The SMILES string of the molecule is FC(F)(F)c1cc(C(F)(F)F)c(C(F)(F)F)cc1-c1nnc(-c2ccccc2)c2cc3ccccc3cc12. The van der Waals surface area contributed by atoms with Crippen molar-refractivity contribution in [3.05, 3.63) is 95.6 Å². The van der Waals surface area contributed by atoms with Crippen LogP contribution in [0.15, 0.2) is 78.9 Å². The van der Waals surface area contributed by atoms with Gasteiger partial charge in [0.1, 0.15) is 11.4 Å². The van der Waals surface area contributed by atoms with Gasteiger partial charge in [0.2, 0.25) is 0 Å². The van der Waals surface area contributed by atoms with Gasteiger partial charge in [0, 0.05) is 21.9 Å². The molecule has 38 heavy (non-hydrogen) atoms. The Morgan fingerprint density at radius 2 is 0.895 bits per heavy atom. The lowest BCUT2D eigenvalue weighted by Gasteiger charge is -2.21. The summed E-state index contributed by atoms with van der Waals surface area (Å²) in [6, 6.07) is 17.5. The third kappa shape index (κ3) is 4.52. The van der Waals surface area contributed by atoms with Crippen LogP contribution in [-0.2, 0) is 18.5 Å². The van der Waals surface area contributed by atoms with Crippen molar-refractivity contribution in [1.29, 1.82) is 0 Å². The molecule has 0 saturated heterocycles. The topological polar surface area (TPSA) is 25.8 Å². The zero-order chi connectivity index (χ0) is 27.5. The number of hydrogen-bond acceptors (Lipinski definition) is 2. The van der Waals surface area contributed by atoms with Crippen molar-refractivity contribution >= 4 is 21.5 Å². The van der Waals surface area contributed by atoms with E-state index in [0.717, 1.165) is 0 Å². The van der Waals surface area contributed by atoms with Crippen LogP contribution in [0.4, 0.5) is 39.5 Å². The van der Waals surface area contributed by atoms with Gasteiger partial charge in [0.05, 0.1) is 16.7 Å². The summed E-state index contributed by atoms with van der Waals surface area (Å²) in [6.07, 6.45) is -16.7. The number of halogens is 9. The predicted molar refractivity (Wildman–Crippen MR) is 123 cm³/mol. The van der Waals surface area contributed by atoms with E-state index in [9.17, 15) is 39.5 Å². The minimum absolute atomic E-state index is 0.00376. The molecule has 0 radical (unpaired) electrons. The van der Waals surface area contributed by atoms with Gasteiger partial charge in [-0.3, -0.25) is 0 Å². The van der Waals surface area contributed by atoms with Gasteiger partial charge in [-0.25, -0.2) is 0 Å². The molecular weight excluding hydrogens is 523 g/mol. The standard InChI is InChI=1S/C27H13F9N2/c28-25(29,30)20-13-22(27(34,35)36)21(26(31,32)33)12-19(20)24-18-11-16-9-5-4-8-15(16)10-17(18)23(37-38-24)14-6-2-1-3-7-14/h1-13H. The van der Waals surface area contributed by atoms with E-state index in [2.05, 4.69) is 10.2 Å². The summed E-state index contributed by atoms with van der Waals surface area (Å²) in [5.41, 5.74) is -7.62. The quantitative estimate of drug-likeness (QED) is 0.166. The molecule has 0 bridgehead atoms. The van der Waals surface area contributed by atoms with Crippen LogP contribution in [0.2, 0.25) is 0 Å². The molecule has 0 aliphatic carbocycles. The Balaban J connectivity index is 1.93. The van der Waals surface area contributed by atoms with E-state index in [-0.39, 0.29) is 22.5 Å². The zero-order valence-corrected chi connectivity index (χ0v) is 18.8. The molecular formula is C27H13F9N2. The molecule has 0 spiro atoms. The lowest BCUT2D eigenvalue weighted by atomic mass is 9.91. The highest BCUT2D eigenvalue weighted by Gasteiger charge is 2.47. The molecule has 0 aliphatic heterocycles. The van der Waals surface area contributed by atoms with Crippen molar-refractivity contribution in [2.24, 2.45) is 0 Å². The van der Waals surface area contributed by atoms with Gasteiger partial charge in [-0.05, 0) is 35.0 Å². The number of aromatic nitrogens is 2. The molecule has 0 unspecified atom stereocenters. The van der Waals surface area contributed by atoms with Crippen LogP contribution in [0, 0.1) is 0 Å². The Bertz CT molecular complexity index is 1670. The number of nitrogens with zero attached hydrogens (tertiary/aromatic N) is 2. The van der Waals surface area contributed by atoms with Crippen LogP contribution in [0.5, 0.6) is 0 Å². The highest BCUT2D eigenvalue weighted by molar-refractivity contribution is 6.08. The molecule has 194 valence electrons. The van der Waals surface area contributed by atoms with E-state index >= 15 is 0 Å². The van der Waals surface area contributed by atoms with Gasteiger partial charge < -0.3 is 0 Å². The molecule has 4 aromatic carbocycles. The summed E-state index contributed by atoms with van der Waals surface area (Å²) in [6.45, 7) is 0. The van der Waals surface area contributed by atoms with Gasteiger partial charge in [0.15, 0.2) is 0 Å². The fraction of sp³-hybridized carbons (Fsp3) is 0.111. The lowest BCUT2D eigenvalue weighted by molar-refractivity contribution is -0.163. The molecule has 11 heteroatoms. The first-order chi connectivity index (χ1) is 17.7. The maximum atomic E-state index is 14.0. The number of alkyl halides is 9. The Morgan fingerprint density at radius 1 is 0.447 bits per heavy atom. The molecule has 5 rings (SSSR count). The first kappa shape index (κ1) is 25.5. The van der Waals surface area contributed by atoms with Crippen molar-refractivity contribution in [3.63, 3.8) is 0 Å². The van der Waals surface area contributed by atoms with Crippen molar-refractivity contribution in [1.82, 2.24) is 10.2 Å². The molecule has 1 heterocycles. The van der Waals surface area contributed by atoms with E-state index in [1.54, 1.807) is 60.7 Å². The molecule has 0 amide bonds.